The Morgan fingerprint density at radius 3 is 2.32 bits per heavy atom. The lowest BCUT2D eigenvalue weighted by molar-refractivity contribution is -0.384. The lowest BCUT2D eigenvalue weighted by Crippen LogP contribution is -2.07. The van der Waals surface area contributed by atoms with E-state index in [2.05, 4.69) is 0 Å². The number of carbonyl (C=O) groups is 2. The van der Waals surface area contributed by atoms with E-state index in [9.17, 15) is 19.7 Å². The molecule has 0 aliphatic carbocycles. The second-order valence-corrected chi connectivity index (χ2v) is 4.39. The summed E-state index contributed by atoms with van der Waals surface area (Å²) in [6, 6.07) is 10.3. The SMILES string of the molecule is CC(=O)Oc1cc(C(=O)O)cc([N+](=O)[O-])c1-c1ccccc1. The van der Waals surface area contributed by atoms with Gasteiger partial charge in [-0.15, -0.1) is 0 Å². The largest absolute Gasteiger partial charge is 0.478 e. The van der Waals surface area contributed by atoms with Crippen molar-refractivity contribution in [3.63, 3.8) is 0 Å². The molecule has 112 valence electrons. The van der Waals surface area contributed by atoms with Crippen LogP contribution < -0.4 is 4.74 Å². The molecule has 0 saturated heterocycles. The minimum atomic E-state index is -1.35. The van der Waals surface area contributed by atoms with Crippen LogP contribution in [0.15, 0.2) is 42.5 Å². The smallest absolute Gasteiger partial charge is 0.336 e. The molecule has 0 bridgehead atoms. The summed E-state index contributed by atoms with van der Waals surface area (Å²) in [5, 5.41) is 20.3. The van der Waals surface area contributed by atoms with Gasteiger partial charge < -0.3 is 9.84 Å². The zero-order valence-corrected chi connectivity index (χ0v) is 11.5. The summed E-state index contributed by atoms with van der Waals surface area (Å²) < 4.78 is 4.97. The highest BCUT2D eigenvalue weighted by Gasteiger charge is 2.25. The summed E-state index contributed by atoms with van der Waals surface area (Å²) >= 11 is 0. The number of carboxylic acids is 1. The Bertz CT molecular complexity index is 754. The summed E-state index contributed by atoms with van der Waals surface area (Å²) in [5.41, 5.74) is -0.266. The Kier molecular flexibility index (Phi) is 4.17. The number of esters is 1. The molecule has 7 nitrogen and oxygen atoms in total. The molecule has 2 rings (SSSR count). The molecule has 0 aromatic heterocycles. The lowest BCUT2D eigenvalue weighted by atomic mass is 10.00. The summed E-state index contributed by atoms with van der Waals surface area (Å²) in [6.45, 7) is 1.13. The number of carbonyl (C=O) groups excluding carboxylic acids is 1. The molecule has 7 heteroatoms. The number of aromatic carboxylic acids is 1. The first-order valence-corrected chi connectivity index (χ1v) is 6.19. The lowest BCUT2D eigenvalue weighted by Gasteiger charge is -2.11. The quantitative estimate of drug-likeness (QED) is 0.402. The van der Waals surface area contributed by atoms with Gasteiger partial charge >= 0.3 is 11.9 Å². The maximum Gasteiger partial charge on any atom is 0.336 e. The van der Waals surface area contributed by atoms with Gasteiger partial charge in [0.25, 0.3) is 5.69 Å². The Hall–Kier alpha value is -3.22. The van der Waals surface area contributed by atoms with Gasteiger partial charge in [0.1, 0.15) is 11.3 Å². The van der Waals surface area contributed by atoms with Crippen molar-refractivity contribution in [2.24, 2.45) is 0 Å². The summed E-state index contributed by atoms with van der Waals surface area (Å²) in [4.78, 5) is 32.9. The van der Waals surface area contributed by atoms with Gasteiger partial charge in [-0.2, -0.15) is 0 Å². The molecule has 0 spiro atoms. The highest BCUT2D eigenvalue weighted by atomic mass is 16.6. The van der Waals surface area contributed by atoms with Crippen LogP contribution in [0.5, 0.6) is 5.75 Å². The van der Waals surface area contributed by atoms with Crippen molar-refractivity contribution in [3.8, 4) is 16.9 Å². The molecular formula is C15H11NO6. The van der Waals surface area contributed by atoms with Crippen LogP contribution in [0, 0.1) is 10.1 Å². The molecule has 2 aromatic rings. The molecular weight excluding hydrogens is 290 g/mol. The summed E-state index contributed by atoms with van der Waals surface area (Å²) in [5.74, 6) is -2.21. The summed E-state index contributed by atoms with van der Waals surface area (Å²) in [7, 11) is 0. The van der Waals surface area contributed by atoms with E-state index < -0.39 is 22.5 Å². The number of ether oxygens (including phenoxy) is 1. The average molecular weight is 301 g/mol. The minimum Gasteiger partial charge on any atom is -0.478 e. The number of rotatable bonds is 4. The van der Waals surface area contributed by atoms with Crippen molar-refractivity contribution < 1.29 is 24.4 Å². The number of benzene rings is 2. The molecule has 0 unspecified atom stereocenters. The van der Waals surface area contributed by atoms with Crippen LogP contribution in [0.3, 0.4) is 0 Å². The standard InChI is InChI=1S/C15H11NO6/c1-9(17)22-13-8-11(15(18)19)7-12(16(20)21)14(13)10-5-3-2-4-6-10/h2-8H,1H3,(H,18,19). The van der Waals surface area contributed by atoms with E-state index in [0.29, 0.717) is 5.56 Å². The number of nitrogens with zero attached hydrogens (tertiary/aromatic N) is 1. The third-order valence-electron chi connectivity index (χ3n) is 2.84. The van der Waals surface area contributed by atoms with Gasteiger partial charge in [-0.3, -0.25) is 14.9 Å². The second-order valence-electron chi connectivity index (χ2n) is 4.39. The Labute approximate surface area is 124 Å². The van der Waals surface area contributed by atoms with Gasteiger partial charge in [-0.25, -0.2) is 4.79 Å². The van der Waals surface area contributed by atoms with Crippen molar-refractivity contribution in [1.29, 1.82) is 0 Å². The normalized spacial score (nSPS) is 10.0. The van der Waals surface area contributed by atoms with Crippen LogP contribution in [-0.2, 0) is 4.79 Å². The van der Waals surface area contributed by atoms with Crippen molar-refractivity contribution in [3.05, 3.63) is 58.1 Å². The molecule has 0 fully saturated rings. The van der Waals surface area contributed by atoms with E-state index in [1.807, 2.05) is 0 Å². The number of carboxylic acid groups (broad SMARTS) is 1. The molecule has 0 radical (unpaired) electrons. The molecule has 0 atom stereocenters. The fraction of sp³-hybridized carbons (Fsp3) is 0.0667. The molecule has 22 heavy (non-hydrogen) atoms. The Morgan fingerprint density at radius 1 is 1.18 bits per heavy atom. The molecule has 0 amide bonds. The van der Waals surface area contributed by atoms with Crippen LogP contribution >= 0.6 is 0 Å². The number of nitro groups is 1. The minimum absolute atomic E-state index is 0.0609. The number of nitro benzene ring substituents is 1. The number of hydrogen-bond acceptors (Lipinski definition) is 5. The van der Waals surface area contributed by atoms with Crippen molar-refractivity contribution >= 4 is 17.6 Å². The second kappa shape index (κ2) is 6.04. The predicted octanol–water partition coefficient (Wildman–Crippen LogP) is 2.89. The molecule has 0 heterocycles. The Morgan fingerprint density at radius 2 is 1.82 bits per heavy atom. The van der Waals surface area contributed by atoms with E-state index in [0.717, 1.165) is 19.1 Å². The maximum absolute atomic E-state index is 11.3. The third kappa shape index (κ3) is 3.09. The van der Waals surface area contributed by atoms with Crippen LogP contribution in [0.25, 0.3) is 11.1 Å². The molecule has 0 saturated carbocycles. The molecule has 0 aliphatic heterocycles. The van der Waals surface area contributed by atoms with Crippen LogP contribution in [0.4, 0.5) is 5.69 Å². The first-order chi connectivity index (χ1) is 10.4. The monoisotopic (exact) mass is 301 g/mol. The first-order valence-electron chi connectivity index (χ1n) is 6.19. The van der Waals surface area contributed by atoms with Crippen molar-refractivity contribution in [2.45, 2.75) is 6.92 Å². The van der Waals surface area contributed by atoms with Gasteiger partial charge in [0.15, 0.2) is 0 Å². The highest BCUT2D eigenvalue weighted by Crippen LogP contribution is 2.39. The highest BCUT2D eigenvalue weighted by molar-refractivity contribution is 5.93. The zero-order chi connectivity index (χ0) is 16.3. The van der Waals surface area contributed by atoms with Gasteiger partial charge in [0.05, 0.1) is 10.5 Å². The van der Waals surface area contributed by atoms with E-state index in [1.165, 1.54) is 0 Å². The van der Waals surface area contributed by atoms with Gasteiger partial charge in [0.2, 0.25) is 0 Å². The van der Waals surface area contributed by atoms with Crippen molar-refractivity contribution in [1.82, 2.24) is 0 Å². The van der Waals surface area contributed by atoms with Crippen LogP contribution in [-0.4, -0.2) is 22.0 Å². The molecule has 1 N–H and O–H groups in total. The van der Waals surface area contributed by atoms with Gasteiger partial charge in [-0.05, 0) is 11.6 Å². The van der Waals surface area contributed by atoms with Gasteiger partial charge in [0, 0.05) is 13.0 Å². The van der Waals surface area contributed by atoms with Crippen LogP contribution in [0.1, 0.15) is 17.3 Å². The van der Waals surface area contributed by atoms with E-state index in [1.54, 1.807) is 30.3 Å². The topological polar surface area (TPSA) is 107 Å². The van der Waals surface area contributed by atoms with E-state index >= 15 is 0 Å². The fourth-order valence-corrected chi connectivity index (χ4v) is 2.00. The van der Waals surface area contributed by atoms with Gasteiger partial charge in [-0.1, -0.05) is 30.3 Å². The zero-order valence-electron chi connectivity index (χ0n) is 11.5. The molecule has 0 aliphatic rings. The Balaban J connectivity index is 2.79. The van der Waals surface area contributed by atoms with E-state index in [-0.39, 0.29) is 16.9 Å². The van der Waals surface area contributed by atoms with E-state index in [4.69, 9.17) is 9.84 Å². The van der Waals surface area contributed by atoms with Crippen molar-refractivity contribution in [2.75, 3.05) is 0 Å². The predicted molar refractivity (Wildman–Crippen MR) is 76.8 cm³/mol. The number of hydrogen-bond donors (Lipinski definition) is 1. The third-order valence-corrected chi connectivity index (χ3v) is 2.84. The maximum atomic E-state index is 11.3. The first kappa shape index (κ1) is 15.2. The van der Waals surface area contributed by atoms with Crippen LogP contribution in [0.2, 0.25) is 0 Å². The molecule has 2 aromatic carbocycles. The average Bonchev–Trinajstić information content (AvgIpc) is 2.46. The summed E-state index contributed by atoms with van der Waals surface area (Å²) in [6.07, 6.45) is 0. The fourth-order valence-electron chi connectivity index (χ4n) is 2.00.